The number of ether oxygens (including phenoxy) is 2. The molecular weight excluding hydrogens is 729 g/mol. The molecule has 7 rings (SSSR count). The van der Waals surface area contributed by atoms with Gasteiger partial charge in [-0.05, 0) is 58.5 Å². The molecule has 0 bridgehead atoms. The number of primary amides is 1. The Morgan fingerprint density at radius 2 is 1.56 bits per heavy atom. The van der Waals surface area contributed by atoms with Gasteiger partial charge in [0, 0.05) is 12.0 Å². The first-order valence-electron chi connectivity index (χ1n) is 18.6. The number of aromatic hydroxyl groups is 1. The number of rotatable bonds is 8. The normalized spacial score (nSPS) is 24.2. The van der Waals surface area contributed by atoms with Crippen molar-refractivity contribution in [2.24, 2.45) is 17.6 Å². The molecule has 57 heavy (non-hydrogen) atoms. The van der Waals surface area contributed by atoms with Crippen LogP contribution in [0, 0.1) is 23.7 Å². The van der Waals surface area contributed by atoms with Gasteiger partial charge in [-0.25, -0.2) is 14.5 Å². The lowest BCUT2D eigenvalue weighted by atomic mass is 9.65. The molecule has 0 aliphatic carbocycles. The molecule has 7 atom stereocenters. The lowest BCUT2D eigenvalue weighted by molar-refractivity contribution is -0.178. The number of carbonyl (C=O) groups is 5. The van der Waals surface area contributed by atoms with Crippen LogP contribution in [0.25, 0.3) is 0 Å². The van der Waals surface area contributed by atoms with Gasteiger partial charge in [-0.3, -0.25) is 19.3 Å². The predicted octanol–water partition coefficient (Wildman–Crippen LogP) is 4.18. The highest BCUT2D eigenvalue weighted by Gasteiger charge is 2.75. The number of aliphatic hydroxyl groups is 1. The van der Waals surface area contributed by atoms with E-state index in [1.54, 1.807) is 43.0 Å². The van der Waals surface area contributed by atoms with E-state index in [4.69, 9.17) is 15.2 Å². The first kappa shape index (κ1) is 38.8. The van der Waals surface area contributed by atoms with E-state index in [-0.39, 0.29) is 30.0 Å². The lowest BCUT2D eigenvalue weighted by Gasteiger charge is -2.46. The number of benzene rings is 4. The van der Waals surface area contributed by atoms with Crippen LogP contribution >= 0.6 is 0 Å². The molecule has 0 unspecified atom stereocenters. The Kier molecular flexibility index (Phi) is 10.6. The van der Waals surface area contributed by atoms with Gasteiger partial charge in [0.05, 0.1) is 37.4 Å². The van der Waals surface area contributed by atoms with E-state index < -0.39 is 77.3 Å². The standard InChI is InChI=1S/C44H42N4O9/c1-25(2)34(40(52)56-3)46-43(55)47-32-22-17-26(12-10-11-23-49)24-31(32)44(42(47)54)33(39(45)51)36-41(53)57-37(28-15-8-5-9-16-28)35(27-13-6-4-7-14-27)48(36)38(44)29-18-20-30(50)21-19-29/h4-9,13-22,24-25,33-38,49-50H,11,23H2,1-3H3,(H2,45,51)(H,46,55)/t33-,34+,35-,36-,37+,38+,44-/m1/s1. The zero-order chi connectivity index (χ0) is 40.6. The van der Waals surface area contributed by atoms with Crippen LogP contribution in [-0.4, -0.2) is 70.7 Å². The number of hydrogen-bond acceptors (Lipinski definition) is 10. The van der Waals surface area contributed by atoms with E-state index in [0.717, 1.165) is 4.90 Å². The average Bonchev–Trinajstić information content (AvgIpc) is 3.67. The number of nitrogens with two attached hydrogens (primary N) is 1. The van der Waals surface area contributed by atoms with Gasteiger partial charge >= 0.3 is 18.0 Å². The largest absolute Gasteiger partial charge is 0.508 e. The molecule has 2 fully saturated rings. The molecule has 13 heteroatoms. The number of nitrogens with zero attached hydrogens (tertiary/aromatic N) is 2. The summed E-state index contributed by atoms with van der Waals surface area (Å²) in [7, 11) is 1.19. The van der Waals surface area contributed by atoms with E-state index in [0.29, 0.717) is 22.3 Å². The molecule has 4 aromatic rings. The number of anilines is 1. The number of hydrogen-bond donors (Lipinski definition) is 4. The SMILES string of the molecule is COC(=O)[C@@H](NC(=O)N1C(=O)[C@@]2(c3cc(C#CCCO)ccc31)[C@H](c1ccc(O)cc1)N1[C@H](c3ccccc3)[C@H](c3ccccc3)OC(=O)[C@H]1[C@@H]2C(N)=O)C(C)C. The molecular formula is C44H42N4O9. The van der Waals surface area contributed by atoms with Crippen LogP contribution in [0.4, 0.5) is 10.5 Å². The van der Waals surface area contributed by atoms with Crippen molar-refractivity contribution < 1.29 is 43.7 Å². The summed E-state index contributed by atoms with van der Waals surface area (Å²) < 4.78 is 11.3. The number of phenols is 1. The first-order valence-corrected chi connectivity index (χ1v) is 18.6. The number of phenolic OH excluding ortho intramolecular Hbond substituents is 1. The van der Waals surface area contributed by atoms with Gasteiger partial charge in [0.25, 0.3) is 0 Å². The molecule has 3 aliphatic heterocycles. The minimum atomic E-state index is -2.09. The van der Waals surface area contributed by atoms with E-state index in [2.05, 4.69) is 17.2 Å². The smallest absolute Gasteiger partial charge is 0.329 e. The van der Waals surface area contributed by atoms with Crippen LogP contribution in [0.5, 0.6) is 5.75 Å². The number of cyclic esters (lactones) is 1. The third-order valence-electron chi connectivity index (χ3n) is 11.0. The summed E-state index contributed by atoms with van der Waals surface area (Å²) in [5, 5.41) is 22.6. The molecule has 0 saturated carbocycles. The van der Waals surface area contributed by atoms with Gasteiger partial charge in [0.2, 0.25) is 11.8 Å². The van der Waals surface area contributed by atoms with Gasteiger partial charge in [-0.15, -0.1) is 0 Å². The van der Waals surface area contributed by atoms with E-state index >= 15 is 4.79 Å². The number of esters is 2. The molecule has 3 heterocycles. The summed E-state index contributed by atoms with van der Waals surface area (Å²) >= 11 is 0. The summed E-state index contributed by atoms with van der Waals surface area (Å²) in [6, 6.07) is 23.6. The number of methoxy groups -OCH3 is 1. The first-order chi connectivity index (χ1) is 27.4. The van der Waals surface area contributed by atoms with Gasteiger partial charge < -0.3 is 30.7 Å². The van der Waals surface area contributed by atoms with Crippen molar-refractivity contribution in [3.8, 4) is 17.6 Å². The highest BCUT2D eigenvalue weighted by Crippen LogP contribution is 2.65. The van der Waals surface area contributed by atoms with Crippen LogP contribution in [0.3, 0.4) is 0 Å². The molecule has 292 valence electrons. The van der Waals surface area contributed by atoms with Gasteiger partial charge in [0.1, 0.15) is 29.4 Å². The minimum Gasteiger partial charge on any atom is -0.508 e. The Morgan fingerprint density at radius 3 is 2.16 bits per heavy atom. The maximum atomic E-state index is 15.8. The Hall–Kier alpha value is -6.49. The van der Waals surface area contributed by atoms with Crippen LogP contribution in [0.15, 0.2) is 103 Å². The van der Waals surface area contributed by atoms with Gasteiger partial charge in [0.15, 0.2) is 0 Å². The minimum absolute atomic E-state index is 0.0724. The highest BCUT2D eigenvalue weighted by atomic mass is 16.6. The number of urea groups is 1. The number of fused-ring (bicyclic) bond motifs is 3. The quantitative estimate of drug-likeness (QED) is 0.150. The van der Waals surface area contributed by atoms with E-state index in [1.165, 1.54) is 25.3 Å². The topological polar surface area (TPSA) is 189 Å². The second-order valence-electron chi connectivity index (χ2n) is 14.6. The molecule has 2 saturated heterocycles. The average molecular weight is 771 g/mol. The zero-order valence-corrected chi connectivity index (χ0v) is 31.5. The van der Waals surface area contributed by atoms with Crippen molar-refractivity contribution >= 4 is 35.5 Å². The number of amides is 4. The fourth-order valence-electron chi connectivity index (χ4n) is 8.71. The summed E-state index contributed by atoms with van der Waals surface area (Å²) in [5.41, 5.74) is 6.73. The molecule has 0 radical (unpaired) electrons. The molecule has 4 aromatic carbocycles. The third-order valence-corrected chi connectivity index (χ3v) is 11.0. The summed E-state index contributed by atoms with van der Waals surface area (Å²) in [5.74, 6) is 0.318. The van der Waals surface area contributed by atoms with E-state index in [1.807, 2.05) is 60.7 Å². The second kappa shape index (κ2) is 15.6. The summed E-state index contributed by atoms with van der Waals surface area (Å²) in [6.07, 6.45) is -0.778. The number of imide groups is 1. The van der Waals surface area contributed by atoms with Crippen molar-refractivity contribution in [3.05, 3.63) is 131 Å². The Labute approximate surface area is 329 Å². The summed E-state index contributed by atoms with van der Waals surface area (Å²) in [4.78, 5) is 74.9. The number of aliphatic hydroxyl groups excluding tert-OH is 1. The van der Waals surface area contributed by atoms with Gasteiger partial charge in [-0.2, -0.15) is 0 Å². The molecule has 5 N–H and O–H groups in total. The van der Waals surface area contributed by atoms with Gasteiger partial charge in [-0.1, -0.05) is 98.5 Å². The van der Waals surface area contributed by atoms with Crippen LogP contribution in [0.1, 0.15) is 66.3 Å². The van der Waals surface area contributed by atoms with Crippen LogP contribution in [-0.2, 0) is 34.1 Å². The molecule has 0 aromatic heterocycles. The second-order valence-corrected chi connectivity index (χ2v) is 14.6. The Morgan fingerprint density at radius 1 is 0.912 bits per heavy atom. The predicted molar refractivity (Wildman–Crippen MR) is 207 cm³/mol. The molecule has 13 nitrogen and oxygen atoms in total. The maximum Gasteiger partial charge on any atom is 0.329 e. The zero-order valence-electron chi connectivity index (χ0n) is 31.5. The Balaban J connectivity index is 1.55. The number of carbonyl (C=O) groups excluding carboxylic acids is 5. The fourth-order valence-corrected chi connectivity index (χ4v) is 8.71. The van der Waals surface area contributed by atoms with Crippen molar-refractivity contribution in [2.75, 3.05) is 18.6 Å². The highest BCUT2D eigenvalue weighted by molar-refractivity contribution is 6.25. The van der Waals surface area contributed by atoms with Crippen molar-refractivity contribution in [2.45, 2.75) is 56.0 Å². The fraction of sp³-hybridized carbons (Fsp3) is 0.295. The van der Waals surface area contributed by atoms with Crippen molar-refractivity contribution in [1.29, 1.82) is 0 Å². The van der Waals surface area contributed by atoms with Crippen LogP contribution < -0.4 is 16.0 Å². The van der Waals surface area contributed by atoms with Crippen molar-refractivity contribution in [1.82, 2.24) is 10.2 Å². The lowest BCUT2D eigenvalue weighted by Crippen LogP contribution is -2.57. The number of morpholine rings is 1. The number of nitrogens with one attached hydrogen (secondary N) is 1. The van der Waals surface area contributed by atoms with E-state index in [9.17, 15) is 29.4 Å². The molecule has 3 aliphatic rings. The molecule has 1 spiro atoms. The third kappa shape index (κ3) is 6.46. The summed E-state index contributed by atoms with van der Waals surface area (Å²) in [6.45, 7) is 3.22. The van der Waals surface area contributed by atoms with Crippen LogP contribution in [0.2, 0.25) is 0 Å². The Bertz CT molecular complexity index is 2270. The molecule has 4 amide bonds. The maximum absolute atomic E-state index is 15.8. The van der Waals surface area contributed by atoms with Crippen molar-refractivity contribution in [3.63, 3.8) is 0 Å². The monoisotopic (exact) mass is 770 g/mol.